The first-order valence-electron chi connectivity index (χ1n) is 8.82. The average molecular weight is 371 g/mol. The van der Waals surface area contributed by atoms with Gasteiger partial charge >= 0.3 is 5.97 Å². The van der Waals surface area contributed by atoms with Gasteiger partial charge in [-0.25, -0.2) is 4.79 Å². The summed E-state index contributed by atoms with van der Waals surface area (Å²) in [5.41, 5.74) is 2.75. The molecule has 2 rings (SSSR count). The third kappa shape index (κ3) is 6.33. The number of esters is 1. The van der Waals surface area contributed by atoms with E-state index < -0.39 is 18.0 Å². The maximum Gasteiger partial charge on any atom is 0.344 e. The Labute approximate surface area is 159 Å². The van der Waals surface area contributed by atoms with E-state index in [4.69, 9.17) is 14.2 Å². The first-order valence-corrected chi connectivity index (χ1v) is 8.82. The number of hydrogen-bond donors (Lipinski definition) is 1. The van der Waals surface area contributed by atoms with E-state index in [-0.39, 0.29) is 6.61 Å². The van der Waals surface area contributed by atoms with E-state index in [1.54, 1.807) is 24.3 Å². The van der Waals surface area contributed by atoms with Gasteiger partial charge in [-0.3, -0.25) is 4.79 Å². The lowest BCUT2D eigenvalue weighted by atomic mass is 10.1. The molecule has 0 unspecified atom stereocenters. The van der Waals surface area contributed by atoms with Crippen molar-refractivity contribution in [3.63, 3.8) is 0 Å². The topological polar surface area (TPSA) is 73.9 Å². The van der Waals surface area contributed by atoms with Crippen LogP contribution in [-0.4, -0.2) is 31.2 Å². The zero-order valence-corrected chi connectivity index (χ0v) is 16.1. The number of ether oxygens (including phenoxy) is 3. The maximum absolute atomic E-state index is 12.2. The summed E-state index contributed by atoms with van der Waals surface area (Å²) in [7, 11) is 0. The van der Waals surface area contributed by atoms with Crippen molar-refractivity contribution in [1.82, 2.24) is 0 Å². The lowest BCUT2D eigenvalue weighted by molar-refractivity contribution is -0.155. The summed E-state index contributed by atoms with van der Waals surface area (Å²) in [4.78, 5) is 24.1. The van der Waals surface area contributed by atoms with E-state index in [0.29, 0.717) is 18.0 Å². The molecule has 1 atom stereocenters. The van der Waals surface area contributed by atoms with Gasteiger partial charge in [-0.1, -0.05) is 17.7 Å². The predicted molar refractivity (Wildman–Crippen MR) is 103 cm³/mol. The summed E-state index contributed by atoms with van der Waals surface area (Å²) in [6.07, 6.45) is -0.929. The highest BCUT2D eigenvalue weighted by atomic mass is 16.6. The molecule has 0 aliphatic rings. The number of carbonyl (C=O) groups is 2. The van der Waals surface area contributed by atoms with Crippen LogP contribution in [0.25, 0.3) is 0 Å². The Morgan fingerprint density at radius 2 is 1.63 bits per heavy atom. The van der Waals surface area contributed by atoms with Crippen LogP contribution in [0.1, 0.15) is 25.0 Å². The fourth-order valence-corrected chi connectivity index (χ4v) is 2.41. The summed E-state index contributed by atoms with van der Waals surface area (Å²) >= 11 is 0. The van der Waals surface area contributed by atoms with Gasteiger partial charge in [0.25, 0.3) is 5.91 Å². The van der Waals surface area contributed by atoms with Gasteiger partial charge in [-0.15, -0.1) is 0 Å². The maximum atomic E-state index is 12.2. The molecule has 0 saturated carbocycles. The number of nitrogens with one attached hydrogen (secondary N) is 1. The molecular formula is C21H25NO5. The zero-order valence-electron chi connectivity index (χ0n) is 16.1. The number of hydrogen-bond acceptors (Lipinski definition) is 5. The normalized spacial score (nSPS) is 11.4. The fourth-order valence-electron chi connectivity index (χ4n) is 2.41. The molecule has 144 valence electrons. The van der Waals surface area contributed by atoms with Gasteiger partial charge in [0.1, 0.15) is 11.5 Å². The molecule has 6 heteroatoms. The molecular weight excluding hydrogens is 346 g/mol. The highest BCUT2D eigenvalue weighted by molar-refractivity contribution is 5.95. The van der Waals surface area contributed by atoms with Gasteiger partial charge in [-0.05, 0) is 63.6 Å². The molecule has 0 heterocycles. The standard InChI is InChI=1S/C21H25NO5/c1-5-25-17-7-9-18(10-8-17)26-13-20(23)27-16(4)21(24)22-19-11-6-14(2)12-15(19)3/h6-12,16H,5,13H2,1-4H3,(H,22,24)/t16-/m1/s1. The number of benzene rings is 2. The first kappa shape index (κ1) is 20.3. The Hall–Kier alpha value is -3.02. The highest BCUT2D eigenvalue weighted by Crippen LogP contribution is 2.18. The fraction of sp³-hybridized carbons (Fsp3) is 0.333. The summed E-state index contributed by atoms with van der Waals surface area (Å²) in [6.45, 7) is 7.60. The van der Waals surface area contributed by atoms with Crippen molar-refractivity contribution in [2.45, 2.75) is 33.8 Å². The SMILES string of the molecule is CCOc1ccc(OCC(=O)O[C@H](C)C(=O)Nc2ccc(C)cc2C)cc1. The molecule has 0 radical (unpaired) electrons. The minimum absolute atomic E-state index is 0.283. The molecule has 27 heavy (non-hydrogen) atoms. The minimum Gasteiger partial charge on any atom is -0.494 e. The number of aryl methyl sites for hydroxylation is 2. The minimum atomic E-state index is -0.929. The van der Waals surface area contributed by atoms with Gasteiger partial charge in [0.05, 0.1) is 6.61 Å². The molecule has 0 spiro atoms. The van der Waals surface area contributed by atoms with Crippen LogP contribution in [0.5, 0.6) is 11.5 Å². The number of amides is 1. The van der Waals surface area contributed by atoms with Crippen molar-refractivity contribution >= 4 is 17.6 Å². The summed E-state index contributed by atoms with van der Waals surface area (Å²) < 4.78 is 15.8. The monoisotopic (exact) mass is 371 g/mol. The van der Waals surface area contributed by atoms with E-state index in [2.05, 4.69) is 5.32 Å². The first-order chi connectivity index (χ1) is 12.9. The van der Waals surface area contributed by atoms with Crippen LogP contribution in [0.3, 0.4) is 0 Å². The van der Waals surface area contributed by atoms with Crippen LogP contribution in [0.15, 0.2) is 42.5 Å². The molecule has 1 N–H and O–H groups in total. The van der Waals surface area contributed by atoms with E-state index >= 15 is 0 Å². The third-order valence-electron chi connectivity index (χ3n) is 3.81. The van der Waals surface area contributed by atoms with Gasteiger partial charge in [0.2, 0.25) is 0 Å². The molecule has 0 aliphatic carbocycles. The van der Waals surface area contributed by atoms with Crippen LogP contribution in [0.4, 0.5) is 5.69 Å². The van der Waals surface area contributed by atoms with E-state index in [0.717, 1.165) is 16.9 Å². The van der Waals surface area contributed by atoms with E-state index in [9.17, 15) is 9.59 Å². The molecule has 0 aliphatic heterocycles. The largest absolute Gasteiger partial charge is 0.494 e. The Balaban J connectivity index is 1.81. The van der Waals surface area contributed by atoms with Gasteiger partial charge in [0, 0.05) is 5.69 Å². The van der Waals surface area contributed by atoms with Gasteiger partial charge in [0.15, 0.2) is 12.7 Å². The second kappa shape index (κ2) is 9.62. The van der Waals surface area contributed by atoms with Crippen molar-refractivity contribution in [2.75, 3.05) is 18.5 Å². The Morgan fingerprint density at radius 3 is 2.22 bits per heavy atom. The Morgan fingerprint density at radius 1 is 1.00 bits per heavy atom. The van der Waals surface area contributed by atoms with Crippen LogP contribution in [0.2, 0.25) is 0 Å². The molecule has 0 bridgehead atoms. The molecule has 2 aromatic rings. The van der Waals surface area contributed by atoms with Crippen molar-refractivity contribution < 1.29 is 23.8 Å². The molecule has 6 nitrogen and oxygen atoms in total. The molecule has 0 fully saturated rings. The lowest BCUT2D eigenvalue weighted by Crippen LogP contribution is -2.31. The average Bonchev–Trinajstić information content (AvgIpc) is 2.63. The van der Waals surface area contributed by atoms with Crippen LogP contribution in [-0.2, 0) is 14.3 Å². The number of rotatable bonds is 8. The number of anilines is 1. The smallest absolute Gasteiger partial charge is 0.344 e. The van der Waals surface area contributed by atoms with Crippen molar-refractivity contribution in [1.29, 1.82) is 0 Å². The lowest BCUT2D eigenvalue weighted by Gasteiger charge is -2.15. The summed E-state index contributed by atoms with van der Waals surface area (Å²) in [5.74, 6) is 0.232. The summed E-state index contributed by atoms with van der Waals surface area (Å²) in [5, 5.41) is 2.76. The van der Waals surface area contributed by atoms with Crippen LogP contribution < -0.4 is 14.8 Å². The molecule has 0 aromatic heterocycles. The number of carbonyl (C=O) groups excluding carboxylic acids is 2. The van der Waals surface area contributed by atoms with Crippen molar-refractivity contribution in [2.24, 2.45) is 0 Å². The predicted octanol–water partition coefficient (Wildman–Crippen LogP) is 3.65. The molecule has 2 aromatic carbocycles. The quantitative estimate of drug-likeness (QED) is 0.717. The molecule has 0 saturated heterocycles. The zero-order chi connectivity index (χ0) is 19.8. The van der Waals surface area contributed by atoms with Crippen LogP contribution in [0, 0.1) is 13.8 Å². The van der Waals surface area contributed by atoms with Gasteiger partial charge < -0.3 is 19.5 Å². The van der Waals surface area contributed by atoms with Crippen molar-refractivity contribution in [3.8, 4) is 11.5 Å². The highest BCUT2D eigenvalue weighted by Gasteiger charge is 2.19. The van der Waals surface area contributed by atoms with E-state index in [1.807, 2.05) is 39.0 Å². The van der Waals surface area contributed by atoms with E-state index in [1.165, 1.54) is 6.92 Å². The molecule has 1 amide bonds. The van der Waals surface area contributed by atoms with Crippen molar-refractivity contribution in [3.05, 3.63) is 53.6 Å². The second-order valence-corrected chi connectivity index (χ2v) is 6.13. The Bertz CT molecular complexity index is 786. The van der Waals surface area contributed by atoms with Gasteiger partial charge in [-0.2, -0.15) is 0 Å². The Kier molecular flexibility index (Phi) is 7.23. The third-order valence-corrected chi connectivity index (χ3v) is 3.81. The van der Waals surface area contributed by atoms with Crippen LogP contribution >= 0.6 is 0 Å². The summed E-state index contributed by atoms with van der Waals surface area (Å²) in [6, 6.07) is 12.6. The second-order valence-electron chi connectivity index (χ2n) is 6.13.